The number of carbonyl (C=O) groups excluding carboxylic acids is 1. The largest absolute Gasteiger partial charge is 0.322 e. The van der Waals surface area contributed by atoms with Crippen molar-refractivity contribution in [2.24, 2.45) is 0 Å². The Morgan fingerprint density at radius 3 is 2.43 bits per heavy atom. The zero-order valence-electron chi connectivity index (χ0n) is 20.1. The average Bonchev–Trinajstić information content (AvgIpc) is 3.38. The van der Waals surface area contributed by atoms with E-state index in [4.69, 9.17) is 4.98 Å². The van der Waals surface area contributed by atoms with Crippen LogP contribution in [0.5, 0.6) is 0 Å². The lowest BCUT2D eigenvalue weighted by Crippen LogP contribution is -2.15. The van der Waals surface area contributed by atoms with E-state index in [1.165, 1.54) is 5.56 Å². The van der Waals surface area contributed by atoms with Crippen molar-refractivity contribution in [3.05, 3.63) is 77.0 Å². The third-order valence-corrected chi connectivity index (χ3v) is 8.35. The molecule has 0 saturated carbocycles. The summed E-state index contributed by atoms with van der Waals surface area (Å²) in [5, 5.41) is 8.32. The van der Waals surface area contributed by atoms with Crippen LogP contribution < -0.4 is 5.32 Å². The number of aromatic nitrogens is 3. The highest BCUT2D eigenvalue weighted by molar-refractivity contribution is 7.91. The summed E-state index contributed by atoms with van der Waals surface area (Å²) in [6.45, 7) is 5.94. The summed E-state index contributed by atoms with van der Waals surface area (Å²) >= 11 is 0. The number of nitrogens with zero attached hydrogens (tertiary/aromatic N) is 3. The monoisotopic (exact) mass is 488 g/mol. The number of carbonyl (C=O) groups is 1. The van der Waals surface area contributed by atoms with Crippen LogP contribution in [0.4, 0.5) is 5.69 Å². The third kappa shape index (κ3) is 4.58. The molecule has 1 aliphatic rings. The molecule has 1 saturated heterocycles. The summed E-state index contributed by atoms with van der Waals surface area (Å²) in [6, 6.07) is 17.3. The van der Waals surface area contributed by atoms with Gasteiger partial charge in [0.2, 0.25) is 0 Å². The number of hydrogen-bond acceptors (Lipinski definition) is 5. The molecule has 180 valence electrons. The number of benzene rings is 2. The molecule has 1 N–H and O–H groups in total. The van der Waals surface area contributed by atoms with E-state index in [0.717, 1.165) is 17.5 Å². The Morgan fingerprint density at radius 1 is 1.09 bits per heavy atom. The van der Waals surface area contributed by atoms with Gasteiger partial charge < -0.3 is 5.32 Å². The molecule has 2 aromatic heterocycles. The van der Waals surface area contributed by atoms with Crippen molar-refractivity contribution >= 4 is 32.5 Å². The van der Waals surface area contributed by atoms with Gasteiger partial charge in [-0.05, 0) is 50.5 Å². The number of pyridine rings is 1. The molecule has 7 nitrogen and oxygen atoms in total. The summed E-state index contributed by atoms with van der Waals surface area (Å²) in [7, 11) is -3.11. The first-order valence-corrected chi connectivity index (χ1v) is 13.6. The van der Waals surface area contributed by atoms with Gasteiger partial charge in [0.15, 0.2) is 15.5 Å². The van der Waals surface area contributed by atoms with Crippen molar-refractivity contribution in [2.75, 3.05) is 16.8 Å². The summed E-state index contributed by atoms with van der Waals surface area (Å²) in [5.41, 5.74) is 6.21. The van der Waals surface area contributed by atoms with Gasteiger partial charge in [0.1, 0.15) is 0 Å². The van der Waals surface area contributed by atoms with Gasteiger partial charge in [-0.3, -0.25) is 4.79 Å². The minimum Gasteiger partial charge on any atom is -0.322 e. The van der Waals surface area contributed by atoms with Crippen LogP contribution in [0, 0.1) is 13.8 Å². The van der Waals surface area contributed by atoms with E-state index >= 15 is 0 Å². The Kier molecular flexibility index (Phi) is 5.92. The minimum atomic E-state index is -3.11. The van der Waals surface area contributed by atoms with Crippen LogP contribution in [0.25, 0.3) is 22.3 Å². The Morgan fingerprint density at radius 2 is 1.80 bits per heavy atom. The number of hydrogen-bond donors (Lipinski definition) is 1. The smallest absolute Gasteiger partial charge is 0.256 e. The first-order valence-electron chi connectivity index (χ1n) is 11.8. The van der Waals surface area contributed by atoms with Crippen LogP contribution in [-0.4, -0.2) is 40.6 Å². The third-order valence-electron chi connectivity index (χ3n) is 6.60. The van der Waals surface area contributed by atoms with E-state index < -0.39 is 9.84 Å². The fourth-order valence-electron chi connectivity index (χ4n) is 4.61. The topological polar surface area (TPSA) is 93.9 Å². The molecule has 0 spiro atoms. The molecule has 1 amide bonds. The quantitative estimate of drug-likeness (QED) is 0.432. The fraction of sp³-hybridized carbons (Fsp3) is 0.296. The van der Waals surface area contributed by atoms with Crippen molar-refractivity contribution < 1.29 is 13.2 Å². The Balaban J connectivity index is 1.64. The van der Waals surface area contributed by atoms with Crippen molar-refractivity contribution in [3.8, 4) is 11.3 Å². The van der Waals surface area contributed by atoms with E-state index in [-0.39, 0.29) is 23.5 Å². The summed E-state index contributed by atoms with van der Waals surface area (Å²) in [6.07, 6.45) is 1.41. The van der Waals surface area contributed by atoms with Crippen LogP contribution in [0.1, 0.15) is 46.6 Å². The highest BCUT2D eigenvalue weighted by atomic mass is 32.2. The van der Waals surface area contributed by atoms with Crippen molar-refractivity contribution in [1.29, 1.82) is 0 Å². The number of sulfone groups is 1. The van der Waals surface area contributed by atoms with Crippen molar-refractivity contribution in [1.82, 2.24) is 14.8 Å². The lowest BCUT2D eigenvalue weighted by Gasteiger charge is -2.13. The lowest BCUT2D eigenvalue weighted by atomic mass is 10.0. The lowest BCUT2D eigenvalue weighted by molar-refractivity contribution is 0.102. The van der Waals surface area contributed by atoms with Gasteiger partial charge in [-0.1, -0.05) is 48.9 Å². The number of fused-ring (bicyclic) bond motifs is 1. The van der Waals surface area contributed by atoms with Gasteiger partial charge in [-0.15, -0.1) is 0 Å². The van der Waals surface area contributed by atoms with Crippen LogP contribution >= 0.6 is 0 Å². The molecule has 0 aliphatic carbocycles. The molecule has 0 bridgehead atoms. The highest BCUT2D eigenvalue weighted by Gasteiger charge is 2.32. The number of anilines is 1. The Labute approximate surface area is 205 Å². The maximum atomic E-state index is 13.5. The standard InChI is InChI=1S/C27H28N4O3S/c1-4-19-7-11-21(12-8-19)28-27(32)23-15-24(20-9-5-17(2)6-10-20)29-26-25(23)18(3)30-31(26)22-13-14-35(33,34)16-22/h5-12,15,22H,4,13-14,16H2,1-3H3,(H,28,32). The highest BCUT2D eigenvalue weighted by Crippen LogP contribution is 2.32. The van der Waals surface area contributed by atoms with Crippen molar-refractivity contribution in [2.45, 2.75) is 39.7 Å². The molecule has 2 aromatic carbocycles. The maximum Gasteiger partial charge on any atom is 0.256 e. The van der Waals surface area contributed by atoms with E-state index in [9.17, 15) is 13.2 Å². The number of nitrogens with one attached hydrogen (secondary N) is 1. The molecule has 35 heavy (non-hydrogen) atoms. The predicted molar refractivity (Wildman–Crippen MR) is 139 cm³/mol. The van der Waals surface area contributed by atoms with Crippen LogP contribution in [0.2, 0.25) is 0 Å². The number of aryl methyl sites for hydroxylation is 3. The zero-order chi connectivity index (χ0) is 24.7. The predicted octanol–water partition coefficient (Wildman–Crippen LogP) is 4.89. The van der Waals surface area contributed by atoms with Crippen LogP contribution in [0.3, 0.4) is 0 Å². The number of amides is 1. The molecule has 0 radical (unpaired) electrons. The second-order valence-corrected chi connectivity index (χ2v) is 11.4. The Hall–Kier alpha value is -3.52. The Bertz CT molecular complexity index is 1520. The van der Waals surface area contributed by atoms with E-state index in [1.807, 2.05) is 62.4 Å². The zero-order valence-corrected chi connectivity index (χ0v) is 20.9. The molecular weight excluding hydrogens is 460 g/mol. The van der Waals surface area contributed by atoms with E-state index in [0.29, 0.717) is 40.1 Å². The van der Waals surface area contributed by atoms with E-state index in [2.05, 4.69) is 17.3 Å². The second-order valence-electron chi connectivity index (χ2n) is 9.21. The van der Waals surface area contributed by atoms with Crippen molar-refractivity contribution in [3.63, 3.8) is 0 Å². The fourth-order valence-corrected chi connectivity index (χ4v) is 6.30. The molecular formula is C27H28N4O3S. The van der Waals surface area contributed by atoms with Gasteiger partial charge in [0.25, 0.3) is 5.91 Å². The average molecular weight is 489 g/mol. The second kappa shape index (κ2) is 8.92. The molecule has 1 fully saturated rings. The maximum absolute atomic E-state index is 13.5. The normalized spacial score (nSPS) is 17.1. The van der Waals surface area contributed by atoms with Gasteiger partial charge in [0.05, 0.1) is 39.9 Å². The SMILES string of the molecule is CCc1ccc(NC(=O)c2cc(-c3ccc(C)cc3)nc3c2c(C)nn3C2CCS(=O)(=O)C2)cc1. The first kappa shape index (κ1) is 23.2. The van der Waals surface area contributed by atoms with Crippen LogP contribution in [-0.2, 0) is 16.3 Å². The van der Waals surface area contributed by atoms with Crippen LogP contribution in [0.15, 0.2) is 54.6 Å². The molecule has 8 heteroatoms. The summed E-state index contributed by atoms with van der Waals surface area (Å²) in [5.74, 6) is -0.0846. The molecule has 5 rings (SSSR count). The summed E-state index contributed by atoms with van der Waals surface area (Å²) < 4.78 is 26.1. The van der Waals surface area contributed by atoms with E-state index in [1.54, 1.807) is 10.7 Å². The molecule has 4 aromatic rings. The minimum absolute atomic E-state index is 0.0327. The molecule has 3 heterocycles. The molecule has 1 atom stereocenters. The molecule has 1 aliphatic heterocycles. The first-order chi connectivity index (χ1) is 16.7. The van der Waals surface area contributed by atoms with Gasteiger partial charge in [-0.25, -0.2) is 18.1 Å². The summed E-state index contributed by atoms with van der Waals surface area (Å²) in [4.78, 5) is 18.4. The van der Waals surface area contributed by atoms with Gasteiger partial charge in [0, 0.05) is 11.3 Å². The molecule has 1 unspecified atom stereocenters. The number of rotatable bonds is 5. The van der Waals surface area contributed by atoms with Gasteiger partial charge >= 0.3 is 0 Å². The van der Waals surface area contributed by atoms with Gasteiger partial charge in [-0.2, -0.15) is 5.10 Å².